The smallest absolute Gasteiger partial charge is 0.327 e. The van der Waals surface area contributed by atoms with Gasteiger partial charge in [-0.3, -0.25) is 0 Å². The van der Waals surface area contributed by atoms with Gasteiger partial charge in [-0.25, -0.2) is 0 Å². The van der Waals surface area contributed by atoms with Gasteiger partial charge in [0.25, 0.3) is 0 Å². The van der Waals surface area contributed by atoms with E-state index < -0.39 is 19.4 Å². The molecule has 0 saturated carbocycles. The minimum absolute atomic E-state index is 0.0568. The maximum absolute atomic E-state index is 8.69. The van der Waals surface area contributed by atoms with E-state index in [4.69, 9.17) is 42.5 Å². The fourth-order valence-electron chi connectivity index (χ4n) is 1.90. The van der Waals surface area contributed by atoms with E-state index in [0.29, 0.717) is 12.4 Å². The maximum atomic E-state index is 8.69. The third kappa shape index (κ3) is 9.87. The summed E-state index contributed by atoms with van der Waals surface area (Å²) in [6, 6.07) is 7.36. The maximum Gasteiger partial charge on any atom is 0.327 e. The Morgan fingerprint density at radius 1 is 1.00 bits per heavy atom. The van der Waals surface area contributed by atoms with E-state index in [2.05, 4.69) is 11.4 Å². The lowest BCUT2D eigenvalue weighted by Crippen LogP contribution is -2.26. The number of unbranched alkanes of at least 4 members (excludes halogenated alkanes) is 3. The predicted octanol–water partition coefficient (Wildman–Crippen LogP) is 4.47. The van der Waals surface area contributed by atoms with Crippen LogP contribution in [0.3, 0.4) is 0 Å². The number of alkyl halides is 2. The molecule has 0 aliphatic heterocycles. The fourth-order valence-corrected chi connectivity index (χ4v) is 2.55. The molecule has 0 saturated heterocycles. The number of ether oxygens (including phenoxy) is 2. The van der Waals surface area contributed by atoms with Crippen molar-refractivity contribution in [3.63, 3.8) is 0 Å². The van der Waals surface area contributed by atoms with Crippen LogP contribution in [0.5, 0.6) is 11.5 Å². The molecule has 1 rings (SSSR count). The van der Waals surface area contributed by atoms with Crippen molar-refractivity contribution >= 4 is 31.8 Å². The van der Waals surface area contributed by atoms with Gasteiger partial charge in [-0.05, 0) is 18.6 Å². The van der Waals surface area contributed by atoms with Crippen molar-refractivity contribution in [1.29, 1.82) is 0 Å². The molecule has 0 spiro atoms. The lowest BCUT2D eigenvalue weighted by molar-refractivity contribution is 0.238. The molecule has 1 aromatic rings. The molecule has 0 fully saturated rings. The standard InChI is InChI=1S/C16H25Cl2O5P/c1-2-3-4-5-9-21-13-7-6-8-14(10-13)22-11-15(17)16(18)12-23-24(19)20/h6-8,10,15-16,19-20H,2-5,9,11-12H2,1H3. The Morgan fingerprint density at radius 2 is 1.67 bits per heavy atom. The lowest BCUT2D eigenvalue weighted by Gasteiger charge is -2.17. The molecule has 2 N–H and O–H groups in total. The van der Waals surface area contributed by atoms with Crippen LogP contribution in [0.2, 0.25) is 0 Å². The number of hydrogen-bond acceptors (Lipinski definition) is 5. The Balaban J connectivity index is 2.33. The minimum Gasteiger partial charge on any atom is -0.493 e. The monoisotopic (exact) mass is 398 g/mol. The van der Waals surface area contributed by atoms with Crippen molar-refractivity contribution in [3.8, 4) is 11.5 Å². The van der Waals surface area contributed by atoms with Gasteiger partial charge in [0.15, 0.2) is 0 Å². The van der Waals surface area contributed by atoms with Gasteiger partial charge in [0.2, 0.25) is 0 Å². The predicted molar refractivity (Wildman–Crippen MR) is 98.2 cm³/mol. The number of benzene rings is 1. The van der Waals surface area contributed by atoms with Crippen LogP contribution in [0, 0.1) is 0 Å². The van der Waals surface area contributed by atoms with E-state index in [0.717, 1.165) is 12.2 Å². The minimum atomic E-state index is -2.43. The summed E-state index contributed by atoms with van der Waals surface area (Å²) in [7, 11) is -2.43. The summed E-state index contributed by atoms with van der Waals surface area (Å²) in [4.78, 5) is 17.4. The summed E-state index contributed by atoms with van der Waals surface area (Å²) < 4.78 is 16.0. The van der Waals surface area contributed by atoms with Crippen molar-refractivity contribution < 1.29 is 23.8 Å². The van der Waals surface area contributed by atoms with Crippen LogP contribution in [0.15, 0.2) is 24.3 Å². The van der Waals surface area contributed by atoms with Gasteiger partial charge < -0.3 is 23.8 Å². The van der Waals surface area contributed by atoms with Crippen molar-refractivity contribution in [2.45, 2.75) is 43.4 Å². The molecule has 0 aliphatic carbocycles. The van der Waals surface area contributed by atoms with Crippen LogP contribution < -0.4 is 9.47 Å². The second-order valence-electron chi connectivity index (χ2n) is 5.28. The van der Waals surface area contributed by atoms with Crippen LogP contribution in [0.4, 0.5) is 0 Å². The van der Waals surface area contributed by atoms with Crippen molar-refractivity contribution in [2.24, 2.45) is 0 Å². The zero-order valence-corrected chi connectivity index (χ0v) is 16.1. The molecule has 0 bridgehead atoms. The molecule has 0 aromatic heterocycles. The van der Waals surface area contributed by atoms with Gasteiger partial charge in [-0.1, -0.05) is 32.3 Å². The highest BCUT2D eigenvalue weighted by Gasteiger charge is 2.19. The molecular formula is C16H25Cl2O5P. The highest BCUT2D eigenvalue weighted by atomic mass is 35.5. The topological polar surface area (TPSA) is 68.2 Å². The molecular weight excluding hydrogens is 374 g/mol. The molecule has 5 nitrogen and oxygen atoms in total. The summed E-state index contributed by atoms with van der Waals surface area (Å²) in [6.45, 7) is 2.98. The lowest BCUT2D eigenvalue weighted by atomic mass is 10.2. The SMILES string of the molecule is CCCCCCOc1cccc(OCC(Cl)C(Cl)COP(O)O)c1. The molecule has 0 amide bonds. The summed E-state index contributed by atoms with van der Waals surface area (Å²) in [5.74, 6) is 1.40. The molecule has 24 heavy (non-hydrogen) atoms. The van der Waals surface area contributed by atoms with Crippen LogP contribution in [-0.2, 0) is 4.52 Å². The second kappa shape index (κ2) is 13.0. The number of rotatable bonds is 13. The normalized spacial score (nSPS) is 13.8. The highest BCUT2D eigenvalue weighted by Crippen LogP contribution is 2.27. The molecule has 0 radical (unpaired) electrons. The molecule has 2 unspecified atom stereocenters. The van der Waals surface area contributed by atoms with Crippen LogP contribution in [-0.4, -0.2) is 40.4 Å². The third-order valence-electron chi connectivity index (χ3n) is 3.22. The van der Waals surface area contributed by atoms with Gasteiger partial charge in [0, 0.05) is 6.07 Å². The Bertz CT molecular complexity index is 450. The summed E-state index contributed by atoms with van der Waals surface area (Å²) in [5, 5.41) is -1.12. The molecule has 0 aliphatic rings. The summed E-state index contributed by atoms with van der Waals surface area (Å²) >= 11 is 12.1. The Labute approximate surface area is 154 Å². The first-order valence-corrected chi connectivity index (χ1v) is 10.0. The van der Waals surface area contributed by atoms with E-state index in [1.807, 2.05) is 24.3 Å². The van der Waals surface area contributed by atoms with Crippen LogP contribution in [0.1, 0.15) is 32.6 Å². The first-order chi connectivity index (χ1) is 11.5. The summed E-state index contributed by atoms with van der Waals surface area (Å²) in [5.41, 5.74) is 0. The van der Waals surface area contributed by atoms with Crippen molar-refractivity contribution in [3.05, 3.63) is 24.3 Å². The Morgan fingerprint density at radius 3 is 2.33 bits per heavy atom. The molecule has 0 heterocycles. The van der Waals surface area contributed by atoms with Crippen molar-refractivity contribution in [1.82, 2.24) is 0 Å². The Kier molecular flexibility index (Phi) is 11.8. The summed E-state index contributed by atoms with van der Waals surface area (Å²) in [6.07, 6.45) is 4.63. The average Bonchev–Trinajstić information content (AvgIpc) is 2.57. The quantitative estimate of drug-likeness (QED) is 0.291. The van der Waals surface area contributed by atoms with E-state index in [9.17, 15) is 0 Å². The van der Waals surface area contributed by atoms with E-state index in [1.165, 1.54) is 19.3 Å². The number of hydrogen-bond donors (Lipinski definition) is 2. The zero-order valence-electron chi connectivity index (χ0n) is 13.7. The fraction of sp³-hybridized carbons (Fsp3) is 0.625. The van der Waals surface area contributed by atoms with E-state index >= 15 is 0 Å². The molecule has 2 atom stereocenters. The second-order valence-corrected chi connectivity index (χ2v) is 7.16. The largest absolute Gasteiger partial charge is 0.493 e. The van der Waals surface area contributed by atoms with Crippen molar-refractivity contribution in [2.75, 3.05) is 19.8 Å². The zero-order chi connectivity index (χ0) is 17.8. The van der Waals surface area contributed by atoms with Crippen LogP contribution in [0.25, 0.3) is 0 Å². The highest BCUT2D eigenvalue weighted by molar-refractivity contribution is 7.39. The first-order valence-electron chi connectivity index (χ1n) is 7.97. The van der Waals surface area contributed by atoms with Gasteiger partial charge in [-0.15, -0.1) is 23.2 Å². The van der Waals surface area contributed by atoms with Gasteiger partial charge in [0.05, 0.1) is 24.0 Å². The molecule has 1 aromatic carbocycles. The van der Waals surface area contributed by atoms with Gasteiger partial charge in [0.1, 0.15) is 18.1 Å². The molecule has 138 valence electrons. The Hall–Kier alpha value is -0.290. The van der Waals surface area contributed by atoms with Gasteiger partial charge >= 0.3 is 8.60 Å². The van der Waals surface area contributed by atoms with E-state index in [-0.39, 0.29) is 13.2 Å². The number of halogens is 2. The van der Waals surface area contributed by atoms with E-state index in [1.54, 1.807) is 0 Å². The molecule has 8 heteroatoms. The average molecular weight is 399 g/mol. The van der Waals surface area contributed by atoms with Crippen LogP contribution >= 0.6 is 31.8 Å². The third-order valence-corrected chi connectivity index (χ3v) is 4.59. The van der Waals surface area contributed by atoms with Gasteiger partial charge in [-0.2, -0.15) is 0 Å². The first kappa shape index (κ1) is 21.8.